The fourth-order valence-electron chi connectivity index (χ4n) is 1.66. The lowest BCUT2D eigenvalue weighted by Crippen LogP contribution is -2.48. The van der Waals surface area contributed by atoms with Crippen molar-refractivity contribution in [3.8, 4) is 0 Å². The molecule has 0 amide bonds. The molecule has 1 rings (SSSR count). The van der Waals surface area contributed by atoms with E-state index < -0.39 is 10.2 Å². The van der Waals surface area contributed by atoms with E-state index in [4.69, 9.17) is 0 Å². The Balaban J connectivity index is 2.56. The third-order valence-electron chi connectivity index (χ3n) is 3.09. The third-order valence-corrected chi connectivity index (χ3v) is 5.82. The highest BCUT2D eigenvalue weighted by atomic mass is 79.9. The molecular formula is C10H21BrN2O2S. The van der Waals surface area contributed by atoms with E-state index in [-0.39, 0.29) is 6.04 Å². The quantitative estimate of drug-likeness (QED) is 0.786. The number of nitrogens with one attached hydrogen (secondary N) is 1. The van der Waals surface area contributed by atoms with Crippen molar-refractivity contribution in [1.29, 1.82) is 0 Å². The van der Waals surface area contributed by atoms with Gasteiger partial charge in [0.15, 0.2) is 0 Å². The van der Waals surface area contributed by atoms with Crippen molar-refractivity contribution >= 4 is 26.1 Å². The predicted molar refractivity (Wildman–Crippen MR) is 69.9 cm³/mol. The van der Waals surface area contributed by atoms with Crippen LogP contribution in [0, 0.1) is 5.92 Å². The van der Waals surface area contributed by atoms with E-state index in [0.717, 1.165) is 24.6 Å². The first-order valence-corrected chi connectivity index (χ1v) is 8.37. The third kappa shape index (κ3) is 3.98. The van der Waals surface area contributed by atoms with E-state index in [2.05, 4.69) is 20.7 Å². The molecule has 0 aliphatic carbocycles. The molecule has 1 fully saturated rings. The molecule has 4 nitrogen and oxygen atoms in total. The number of nitrogens with zero attached hydrogens (tertiary/aromatic N) is 1. The summed E-state index contributed by atoms with van der Waals surface area (Å²) in [4.78, 5) is 0. The van der Waals surface area contributed by atoms with Gasteiger partial charge in [0.25, 0.3) is 10.2 Å². The highest BCUT2D eigenvalue weighted by molar-refractivity contribution is 9.09. The van der Waals surface area contributed by atoms with Crippen molar-refractivity contribution in [1.82, 2.24) is 9.03 Å². The summed E-state index contributed by atoms with van der Waals surface area (Å²) in [6, 6.07) is -0.0358. The molecule has 0 aromatic heterocycles. The molecule has 1 saturated heterocycles. The molecule has 1 heterocycles. The Morgan fingerprint density at radius 3 is 2.31 bits per heavy atom. The SMILES string of the molecule is CC(CBr)C(C)NS(=O)(=O)N1CCCCC1. The number of hydrogen-bond donors (Lipinski definition) is 1. The van der Waals surface area contributed by atoms with Crippen LogP contribution in [0.15, 0.2) is 0 Å². The van der Waals surface area contributed by atoms with Gasteiger partial charge in [-0.15, -0.1) is 0 Å². The van der Waals surface area contributed by atoms with Gasteiger partial charge < -0.3 is 0 Å². The van der Waals surface area contributed by atoms with E-state index in [1.807, 2.05) is 13.8 Å². The summed E-state index contributed by atoms with van der Waals surface area (Å²) in [6.45, 7) is 5.25. The van der Waals surface area contributed by atoms with Crippen LogP contribution in [0.5, 0.6) is 0 Å². The van der Waals surface area contributed by atoms with Crippen molar-refractivity contribution < 1.29 is 8.42 Å². The molecule has 0 radical (unpaired) electrons. The van der Waals surface area contributed by atoms with Crippen LogP contribution in [0.3, 0.4) is 0 Å². The molecule has 2 atom stereocenters. The van der Waals surface area contributed by atoms with Crippen LogP contribution >= 0.6 is 15.9 Å². The van der Waals surface area contributed by atoms with Crippen molar-refractivity contribution in [2.75, 3.05) is 18.4 Å². The lowest BCUT2D eigenvalue weighted by molar-refractivity contribution is 0.335. The monoisotopic (exact) mass is 312 g/mol. The summed E-state index contributed by atoms with van der Waals surface area (Å²) >= 11 is 3.37. The molecule has 0 spiro atoms. The highest BCUT2D eigenvalue weighted by Gasteiger charge is 2.26. The second-order valence-corrected chi connectivity index (χ2v) is 6.85. The van der Waals surface area contributed by atoms with Crippen molar-refractivity contribution in [2.24, 2.45) is 5.92 Å². The van der Waals surface area contributed by atoms with Gasteiger partial charge in [-0.1, -0.05) is 29.3 Å². The van der Waals surface area contributed by atoms with E-state index >= 15 is 0 Å². The smallest absolute Gasteiger partial charge is 0.199 e. The number of rotatable bonds is 5. The molecule has 0 saturated carbocycles. The molecular weight excluding hydrogens is 292 g/mol. The van der Waals surface area contributed by atoms with E-state index in [1.54, 1.807) is 4.31 Å². The zero-order valence-electron chi connectivity index (χ0n) is 9.95. The fraction of sp³-hybridized carbons (Fsp3) is 1.00. The van der Waals surface area contributed by atoms with Crippen LogP contribution in [0.4, 0.5) is 0 Å². The Morgan fingerprint density at radius 1 is 1.25 bits per heavy atom. The predicted octanol–water partition coefficient (Wildman–Crippen LogP) is 1.73. The minimum atomic E-state index is -3.28. The Hall–Kier alpha value is 0.350. The molecule has 1 aliphatic rings. The minimum Gasteiger partial charge on any atom is -0.199 e. The summed E-state index contributed by atoms with van der Waals surface area (Å²) in [5.41, 5.74) is 0. The van der Waals surface area contributed by atoms with Gasteiger partial charge in [-0.05, 0) is 25.7 Å². The lowest BCUT2D eigenvalue weighted by atomic mass is 10.1. The number of alkyl halides is 1. The van der Waals surface area contributed by atoms with Crippen molar-refractivity contribution in [2.45, 2.75) is 39.2 Å². The first-order chi connectivity index (χ1) is 7.47. The second-order valence-electron chi connectivity index (χ2n) is 4.50. The van der Waals surface area contributed by atoms with E-state index in [1.165, 1.54) is 0 Å². The summed E-state index contributed by atoms with van der Waals surface area (Å²) in [6.07, 6.45) is 3.09. The topological polar surface area (TPSA) is 49.4 Å². The molecule has 0 aromatic carbocycles. The Labute approximate surface area is 107 Å². The summed E-state index contributed by atoms with van der Waals surface area (Å²) in [5.74, 6) is 0.291. The summed E-state index contributed by atoms with van der Waals surface area (Å²) in [5, 5.41) is 0.802. The van der Waals surface area contributed by atoms with E-state index in [9.17, 15) is 8.42 Å². The Bertz CT molecular complexity index is 302. The van der Waals surface area contributed by atoms with Crippen LogP contribution in [-0.4, -0.2) is 37.2 Å². The zero-order chi connectivity index (χ0) is 12.2. The first kappa shape index (κ1) is 14.4. The standard InChI is InChI=1S/C10H21BrN2O2S/c1-9(8-11)10(2)12-16(14,15)13-6-4-3-5-7-13/h9-10,12H,3-8H2,1-2H3. The van der Waals surface area contributed by atoms with Gasteiger partial charge in [-0.2, -0.15) is 17.4 Å². The number of piperidine rings is 1. The molecule has 96 valence electrons. The minimum absolute atomic E-state index is 0.0358. The van der Waals surface area contributed by atoms with Gasteiger partial charge in [0.05, 0.1) is 0 Å². The second kappa shape index (κ2) is 6.33. The van der Waals surface area contributed by atoms with Crippen LogP contribution in [0.25, 0.3) is 0 Å². The number of halogens is 1. The van der Waals surface area contributed by atoms with Gasteiger partial charge in [0.2, 0.25) is 0 Å². The maximum Gasteiger partial charge on any atom is 0.279 e. The summed E-state index contributed by atoms with van der Waals surface area (Å²) < 4.78 is 28.3. The molecule has 2 unspecified atom stereocenters. The average Bonchev–Trinajstić information content (AvgIpc) is 2.28. The Morgan fingerprint density at radius 2 is 1.81 bits per heavy atom. The molecule has 0 bridgehead atoms. The van der Waals surface area contributed by atoms with Crippen molar-refractivity contribution in [3.05, 3.63) is 0 Å². The molecule has 6 heteroatoms. The largest absolute Gasteiger partial charge is 0.279 e. The van der Waals surface area contributed by atoms with Crippen LogP contribution in [0.2, 0.25) is 0 Å². The summed E-state index contributed by atoms with van der Waals surface area (Å²) in [7, 11) is -3.28. The highest BCUT2D eigenvalue weighted by Crippen LogP contribution is 2.14. The molecule has 1 N–H and O–H groups in total. The van der Waals surface area contributed by atoms with Crippen molar-refractivity contribution in [3.63, 3.8) is 0 Å². The maximum atomic E-state index is 12.0. The fourth-order valence-corrected chi connectivity index (χ4v) is 3.82. The molecule has 1 aliphatic heterocycles. The maximum absolute atomic E-state index is 12.0. The lowest BCUT2D eigenvalue weighted by Gasteiger charge is -2.28. The molecule has 0 aromatic rings. The van der Waals surface area contributed by atoms with Crippen LogP contribution in [-0.2, 0) is 10.2 Å². The van der Waals surface area contributed by atoms with Crippen LogP contribution in [0.1, 0.15) is 33.1 Å². The molecule has 16 heavy (non-hydrogen) atoms. The number of hydrogen-bond acceptors (Lipinski definition) is 2. The van der Waals surface area contributed by atoms with Gasteiger partial charge in [-0.25, -0.2) is 0 Å². The Kier molecular flexibility index (Phi) is 5.70. The van der Waals surface area contributed by atoms with Gasteiger partial charge in [0.1, 0.15) is 0 Å². The van der Waals surface area contributed by atoms with Crippen LogP contribution < -0.4 is 4.72 Å². The average molecular weight is 313 g/mol. The van der Waals surface area contributed by atoms with E-state index in [0.29, 0.717) is 19.0 Å². The van der Waals surface area contributed by atoms with Gasteiger partial charge >= 0.3 is 0 Å². The van der Waals surface area contributed by atoms with Gasteiger partial charge in [0, 0.05) is 24.5 Å². The van der Waals surface area contributed by atoms with Gasteiger partial charge in [-0.3, -0.25) is 0 Å². The first-order valence-electron chi connectivity index (χ1n) is 5.80. The zero-order valence-corrected chi connectivity index (χ0v) is 12.3. The normalized spacial score (nSPS) is 22.9.